The first-order chi connectivity index (χ1) is 18.8. The quantitative estimate of drug-likeness (QED) is 0.254. The van der Waals surface area contributed by atoms with Crippen LogP contribution in [0.25, 0.3) is 23.2 Å². The van der Waals surface area contributed by atoms with Crippen LogP contribution < -0.4 is 10.6 Å². The summed E-state index contributed by atoms with van der Waals surface area (Å²) in [6.45, 7) is 9.25. The van der Waals surface area contributed by atoms with E-state index in [2.05, 4.69) is 99.1 Å². The summed E-state index contributed by atoms with van der Waals surface area (Å²) in [5, 5.41) is 1.12. The third kappa shape index (κ3) is 5.23. The number of nitrogens with zero attached hydrogens (tertiary/aromatic N) is 3. The zero-order valence-corrected chi connectivity index (χ0v) is 23.6. The number of para-hydroxylation sites is 1. The Bertz CT molecular complexity index is 1450. The fraction of sp³-hybridized carbons (Fsp3) is 0.353. The molecule has 0 atom stereocenters. The van der Waals surface area contributed by atoms with Crippen molar-refractivity contribution in [3.8, 4) is 0 Å². The molecule has 0 radical (unpaired) electrons. The summed E-state index contributed by atoms with van der Waals surface area (Å²) in [6.07, 6.45) is 12.6. The standard InChI is InChI=1S/C34H40N4O/c1-24(2)28-14-10-15-29(25(3)4)31(28)37(33(35)39)23-34(19-8-9-20-34)38-22-27(30-16-11-21-36-32(30)38)18-17-26-12-6-5-7-13-26/h5-7,10-18,21-22,24-25H,8-9,19-20,23H2,1-4H3,(H2,35,39). The minimum atomic E-state index is -0.398. The van der Waals surface area contributed by atoms with Crippen LogP contribution in [0, 0.1) is 0 Å². The highest BCUT2D eigenvalue weighted by Crippen LogP contribution is 2.43. The van der Waals surface area contributed by atoms with Crippen molar-refractivity contribution >= 4 is 34.9 Å². The van der Waals surface area contributed by atoms with E-state index in [-0.39, 0.29) is 17.4 Å². The summed E-state index contributed by atoms with van der Waals surface area (Å²) in [5.41, 5.74) is 12.5. The Balaban J connectivity index is 1.64. The van der Waals surface area contributed by atoms with Crippen molar-refractivity contribution in [2.24, 2.45) is 5.73 Å². The lowest BCUT2D eigenvalue weighted by atomic mass is 9.90. The van der Waals surface area contributed by atoms with Crippen LogP contribution in [0.5, 0.6) is 0 Å². The number of pyridine rings is 1. The van der Waals surface area contributed by atoms with Gasteiger partial charge in [-0.2, -0.15) is 0 Å². The molecule has 0 spiro atoms. The third-order valence-corrected chi connectivity index (χ3v) is 8.23. The largest absolute Gasteiger partial charge is 0.351 e. The Morgan fingerprint density at radius 2 is 1.62 bits per heavy atom. The molecule has 0 aliphatic heterocycles. The van der Waals surface area contributed by atoms with Crippen molar-refractivity contribution in [1.29, 1.82) is 0 Å². The molecule has 0 bridgehead atoms. The Hall–Kier alpha value is -3.86. The van der Waals surface area contributed by atoms with Crippen molar-refractivity contribution in [2.75, 3.05) is 11.4 Å². The van der Waals surface area contributed by atoms with E-state index >= 15 is 0 Å². The SMILES string of the molecule is CC(C)c1cccc(C(C)C)c1N(CC1(n2cc(C=Cc3ccccc3)c3cccnc32)CCCC1)C(N)=O. The number of fused-ring (bicyclic) bond motifs is 1. The number of hydrogen-bond acceptors (Lipinski definition) is 2. The van der Waals surface area contributed by atoms with Gasteiger partial charge >= 0.3 is 6.03 Å². The number of anilines is 1. The number of carbonyl (C=O) groups excluding carboxylic acids is 1. The molecule has 2 amide bonds. The van der Waals surface area contributed by atoms with Gasteiger partial charge < -0.3 is 10.3 Å². The molecule has 2 aromatic heterocycles. The first-order valence-electron chi connectivity index (χ1n) is 14.2. The second-order valence-electron chi connectivity index (χ2n) is 11.5. The zero-order chi connectivity index (χ0) is 27.6. The van der Waals surface area contributed by atoms with E-state index in [1.54, 1.807) is 0 Å². The van der Waals surface area contributed by atoms with Gasteiger partial charge in [0, 0.05) is 23.3 Å². The monoisotopic (exact) mass is 520 g/mol. The summed E-state index contributed by atoms with van der Waals surface area (Å²) in [6, 6.07) is 20.5. The number of rotatable bonds is 8. The van der Waals surface area contributed by atoms with Crippen LogP contribution in [0.1, 0.15) is 87.5 Å². The van der Waals surface area contributed by atoms with Crippen LogP contribution in [0.4, 0.5) is 10.5 Å². The molecular weight excluding hydrogens is 480 g/mol. The van der Waals surface area contributed by atoms with Crippen LogP contribution in [-0.4, -0.2) is 22.1 Å². The highest BCUT2D eigenvalue weighted by Gasteiger charge is 2.41. The molecule has 1 saturated carbocycles. The van der Waals surface area contributed by atoms with Gasteiger partial charge in [-0.3, -0.25) is 4.90 Å². The summed E-state index contributed by atoms with van der Waals surface area (Å²) in [7, 11) is 0. The molecule has 0 saturated heterocycles. The van der Waals surface area contributed by atoms with Gasteiger partial charge in [0.2, 0.25) is 0 Å². The normalized spacial score (nSPS) is 15.1. The third-order valence-electron chi connectivity index (χ3n) is 8.23. The Morgan fingerprint density at radius 3 is 2.23 bits per heavy atom. The maximum atomic E-state index is 13.3. The van der Waals surface area contributed by atoms with Gasteiger partial charge in [-0.25, -0.2) is 9.78 Å². The van der Waals surface area contributed by atoms with Crippen LogP contribution in [-0.2, 0) is 5.54 Å². The highest BCUT2D eigenvalue weighted by molar-refractivity contribution is 5.93. The maximum absolute atomic E-state index is 13.3. The average Bonchev–Trinajstić information content (AvgIpc) is 3.56. The molecule has 39 heavy (non-hydrogen) atoms. The van der Waals surface area contributed by atoms with Crippen molar-refractivity contribution in [1.82, 2.24) is 9.55 Å². The summed E-state index contributed by atoms with van der Waals surface area (Å²) < 4.78 is 2.35. The molecule has 2 aromatic carbocycles. The first-order valence-corrected chi connectivity index (χ1v) is 14.2. The van der Waals surface area contributed by atoms with Crippen LogP contribution >= 0.6 is 0 Å². The van der Waals surface area contributed by atoms with Gasteiger partial charge in [0.15, 0.2) is 0 Å². The number of aromatic nitrogens is 2. The van der Waals surface area contributed by atoms with E-state index in [0.29, 0.717) is 6.54 Å². The number of hydrogen-bond donors (Lipinski definition) is 1. The molecular formula is C34H40N4O. The average molecular weight is 521 g/mol. The smallest absolute Gasteiger partial charge is 0.319 e. The Kier molecular flexibility index (Phi) is 7.60. The van der Waals surface area contributed by atoms with E-state index in [1.807, 2.05) is 23.2 Å². The number of primary amides is 1. The van der Waals surface area contributed by atoms with Gasteiger partial charge in [-0.05, 0) is 53.5 Å². The molecule has 4 aromatic rings. The number of amides is 2. The highest BCUT2D eigenvalue weighted by atomic mass is 16.2. The fourth-order valence-electron chi connectivity index (χ4n) is 6.22. The number of nitrogens with two attached hydrogens (primary N) is 1. The molecule has 2 N–H and O–H groups in total. The van der Waals surface area contributed by atoms with Gasteiger partial charge in [0.1, 0.15) is 5.65 Å². The van der Waals surface area contributed by atoms with Gasteiger partial charge in [-0.1, -0.05) is 101 Å². The molecule has 0 unspecified atom stereocenters. The number of urea groups is 1. The number of carbonyl (C=O) groups is 1. The molecule has 1 fully saturated rings. The first kappa shape index (κ1) is 26.7. The summed E-state index contributed by atoms with van der Waals surface area (Å²) in [5.74, 6) is 0.535. The predicted molar refractivity (Wildman–Crippen MR) is 163 cm³/mol. The molecule has 2 heterocycles. The minimum absolute atomic E-state index is 0.267. The van der Waals surface area contributed by atoms with Gasteiger partial charge in [0.05, 0.1) is 17.8 Å². The molecule has 1 aliphatic rings. The van der Waals surface area contributed by atoms with Crippen LogP contribution in [0.15, 0.2) is 73.1 Å². The second kappa shape index (κ2) is 11.1. The molecule has 202 valence electrons. The number of benzene rings is 2. The van der Waals surface area contributed by atoms with Crippen molar-refractivity contribution in [3.05, 3.63) is 95.3 Å². The molecule has 1 aliphatic carbocycles. The van der Waals surface area contributed by atoms with Crippen molar-refractivity contribution < 1.29 is 4.79 Å². The Morgan fingerprint density at radius 1 is 0.949 bits per heavy atom. The minimum Gasteiger partial charge on any atom is -0.351 e. The predicted octanol–water partition coefficient (Wildman–Crippen LogP) is 8.31. The molecule has 5 rings (SSSR count). The van der Waals surface area contributed by atoms with Crippen molar-refractivity contribution in [2.45, 2.75) is 70.8 Å². The molecule has 5 heteroatoms. The summed E-state index contributed by atoms with van der Waals surface area (Å²) >= 11 is 0. The summed E-state index contributed by atoms with van der Waals surface area (Å²) in [4.78, 5) is 20.0. The van der Waals surface area contributed by atoms with E-state index in [0.717, 1.165) is 64.7 Å². The van der Waals surface area contributed by atoms with Crippen molar-refractivity contribution in [3.63, 3.8) is 0 Å². The zero-order valence-electron chi connectivity index (χ0n) is 23.6. The lowest BCUT2D eigenvalue weighted by molar-refractivity contribution is 0.245. The van der Waals surface area contributed by atoms with Gasteiger partial charge in [0.25, 0.3) is 0 Å². The van der Waals surface area contributed by atoms with Crippen LogP contribution in [0.2, 0.25) is 0 Å². The van der Waals surface area contributed by atoms with E-state index in [1.165, 1.54) is 0 Å². The maximum Gasteiger partial charge on any atom is 0.319 e. The second-order valence-corrected chi connectivity index (χ2v) is 11.5. The lowest BCUT2D eigenvalue weighted by Gasteiger charge is -2.38. The van der Waals surface area contributed by atoms with Crippen LogP contribution in [0.3, 0.4) is 0 Å². The Labute approximate surface area is 232 Å². The molecule has 5 nitrogen and oxygen atoms in total. The lowest BCUT2D eigenvalue weighted by Crippen LogP contribution is -2.48. The topological polar surface area (TPSA) is 64.2 Å². The van der Waals surface area contributed by atoms with E-state index < -0.39 is 6.03 Å². The van der Waals surface area contributed by atoms with Gasteiger partial charge in [-0.15, -0.1) is 0 Å². The van der Waals surface area contributed by atoms with E-state index in [9.17, 15) is 4.79 Å². The van der Waals surface area contributed by atoms with E-state index in [4.69, 9.17) is 10.7 Å². The fourth-order valence-corrected chi connectivity index (χ4v) is 6.22.